The van der Waals surface area contributed by atoms with Crippen molar-refractivity contribution in [2.75, 3.05) is 6.61 Å². The normalized spacial score (nSPS) is 21.3. The lowest BCUT2D eigenvalue weighted by molar-refractivity contribution is -0.139. The van der Waals surface area contributed by atoms with Gasteiger partial charge in [-0.3, -0.25) is 4.79 Å². The lowest BCUT2D eigenvalue weighted by atomic mass is 9.77. The molecule has 296 valence electrons. The molecule has 0 saturated heterocycles. The molecule has 8 nitrogen and oxygen atoms in total. The highest BCUT2D eigenvalue weighted by Crippen LogP contribution is 2.45. The highest BCUT2D eigenvalue weighted by Gasteiger charge is 2.37. The standard InChI is InChI=1S/C46H65NO7/c1-3-4-5-16-38(49)26-23-37-22-21-36-14-7-6-13-35(36)15-12-18-43(45(2,54)31-34-19-24-39(50)25-20-34)47-42(41(37)30-40(51)33-48)17-8-9-27-46(32-44(52)53)28-10-11-29-46/h6-7,13-14,19-20,23-26,38,40,42-43,47-51,54H,3-5,8-11,16-18,21-22,27-33H2,1-2H3,(H,52,53). The Morgan fingerprint density at radius 1 is 1.04 bits per heavy atom. The fourth-order valence-electron chi connectivity index (χ4n) is 8.49. The average Bonchev–Trinajstić information content (AvgIpc) is 3.59. The molecule has 1 saturated carbocycles. The summed E-state index contributed by atoms with van der Waals surface area (Å²) in [6.07, 6.45) is 15.5. The first kappa shape index (κ1) is 43.3. The monoisotopic (exact) mass is 743 g/mol. The summed E-state index contributed by atoms with van der Waals surface area (Å²) in [4.78, 5) is 11.8. The number of aromatic hydroxyl groups is 1. The van der Waals surface area contributed by atoms with Gasteiger partial charge in [0.25, 0.3) is 0 Å². The quantitative estimate of drug-likeness (QED) is 0.0577. The maximum Gasteiger partial charge on any atom is 0.303 e. The molecule has 1 heterocycles. The molecule has 1 aliphatic carbocycles. The van der Waals surface area contributed by atoms with Crippen LogP contribution in [0.4, 0.5) is 0 Å². The molecule has 0 aromatic heterocycles. The van der Waals surface area contributed by atoms with Crippen molar-refractivity contribution >= 4 is 5.97 Å². The molecule has 1 aliphatic heterocycles. The number of benzene rings is 2. The highest BCUT2D eigenvalue weighted by atomic mass is 16.4. The fraction of sp³-hybridized carbons (Fsp3) is 0.587. The number of carboxylic acids is 1. The van der Waals surface area contributed by atoms with Gasteiger partial charge in [0, 0.05) is 30.5 Å². The van der Waals surface area contributed by atoms with E-state index >= 15 is 0 Å². The molecule has 8 heteroatoms. The number of aliphatic carboxylic acids is 1. The highest BCUT2D eigenvalue weighted by molar-refractivity contribution is 5.67. The summed E-state index contributed by atoms with van der Waals surface area (Å²) in [7, 11) is 0. The van der Waals surface area contributed by atoms with Gasteiger partial charge in [0.2, 0.25) is 0 Å². The Balaban J connectivity index is 1.78. The first-order chi connectivity index (χ1) is 25.9. The van der Waals surface area contributed by atoms with E-state index in [2.05, 4.69) is 30.1 Å². The first-order valence-corrected chi connectivity index (χ1v) is 20.4. The van der Waals surface area contributed by atoms with Gasteiger partial charge in [-0.05, 0) is 104 Å². The van der Waals surface area contributed by atoms with E-state index in [1.807, 2.05) is 49.4 Å². The minimum absolute atomic E-state index is 0.156. The van der Waals surface area contributed by atoms with Gasteiger partial charge >= 0.3 is 5.97 Å². The number of unbranched alkanes of at least 4 members (excludes halogenated alkanes) is 3. The summed E-state index contributed by atoms with van der Waals surface area (Å²) in [5.41, 5.74) is 3.37. The summed E-state index contributed by atoms with van der Waals surface area (Å²) < 4.78 is 0. The van der Waals surface area contributed by atoms with Crippen LogP contribution in [0.1, 0.15) is 133 Å². The minimum atomic E-state index is -1.27. The molecule has 4 rings (SSSR count). The second kappa shape index (κ2) is 21.6. The van der Waals surface area contributed by atoms with Crippen molar-refractivity contribution in [2.45, 2.75) is 159 Å². The van der Waals surface area contributed by atoms with E-state index in [1.165, 1.54) is 0 Å². The van der Waals surface area contributed by atoms with E-state index in [0.717, 1.165) is 92.0 Å². The molecule has 2 aromatic rings. The lowest BCUT2D eigenvalue weighted by Gasteiger charge is -2.38. The smallest absolute Gasteiger partial charge is 0.303 e. The molecule has 0 spiro atoms. The molecule has 0 amide bonds. The maximum absolute atomic E-state index is 12.3. The van der Waals surface area contributed by atoms with Crippen molar-refractivity contribution < 1.29 is 35.4 Å². The molecule has 0 bridgehead atoms. The van der Waals surface area contributed by atoms with Crippen LogP contribution in [0.2, 0.25) is 0 Å². The SMILES string of the molecule is CCCCCC(O)C=CC1=C(CC(O)CO)C(CCCCC2(CC(=O)O)CCCC2)NC(C(C)(O)Cc2ccc(O)cc2)CC#Cc2ccccc2CC1. The lowest BCUT2D eigenvalue weighted by Crippen LogP contribution is -2.54. The molecule has 54 heavy (non-hydrogen) atoms. The van der Waals surface area contributed by atoms with Crippen molar-refractivity contribution in [1.82, 2.24) is 5.32 Å². The number of aryl methyl sites for hydroxylation is 1. The van der Waals surface area contributed by atoms with E-state index in [4.69, 9.17) is 0 Å². The van der Waals surface area contributed by atoms with E-state index in [0.29, 0.717) is 38.5 Å². The van der Waals surface area contributed by atoms with Crippen LogP contribution in [-0.4, -0.2) is 73.1 Å². The number of fused-ring (bicyclic) bond motifs is 1. The minimum Gasteiger partial charge on any atom is -0.508 e. The molecule has 5 unspecified atom stereocenters. The number of aliphatic hydroxyl groups is 4. The Kier molecular flexibility index (Phi) is 17.3. The van der Waals surface area contributed by atoms with Crippen molar-refractivity contribution in [2.24, 2.45) is 5.41 Å². The largest absolute Gasteiger partial charge is 0.508 e. The summed E-state index contributed by atoms with van der Waals surface area (Å²) in [5.74, 6) is 6.19. The predicted molar refractivity (Wildman–Crippen MR) is 215 cm³/mol. The molecule has 2 aromatic carbocycles. The van der Waals surface area contributed by atoms with Crippen molar-refractivity contribution in [1.29, 1.82) is 0 Å². The summed E-state index contributed by atoms with van der Waals surface area (Å²) in [5, 5.41) is 67.9. The van der Waals surface area contributed by atoms with Crippen LogP contribution in [0.3, 0.4) is 0 Å². The van der Waals surface area contributed by atoms with Crippen molar-refractivity contribution in [3.05, 3.63) is 88.5 Å². The zero-order valence-electron chi connectivity index (χ0n) is 32.6. The maximum atomic E-state index is 12.3. The zero-order chi connectivity index (χ0) is 39.0. The molecule has 7 N–H and O–H groups in total. The van der Waals surface area contributed by atoms with Crippen molar-refractivity contribution in [3.63, 3.8) is 0 Å². The van der Waals surface area contributed by atoms with Crippen LogP contribution in [0.25, 0.3) is 0 Å². The van der Waals surface area contributed by atoms with Crippen molar-refractivity contribution in [3.8, 4) is 17.6 Å². The number of rotatable bonds is 19. The Morgan fingerprint density at radius 3 is 2.48 bits per heavy atom. The molecule has 5 atom stereocenters. The van der Waals surface area contributed by atoms with Crippen LogP contribution in [0.5, 0.6) is 5.75 Å². The van der Waals surface area contributed by atoms with Crippen LogP contribution < -0.4 is 5.32 Å². The summed E-state index contributed by atoms with van der Waals surface area (Å²) in [6.45, 7) is 3.55. The molecule has 0 radical (unpaired) electrons. The number of allylic oxidation sites excluding steroid dienone is 2. The first-order valence-electron chi connectivity index (χ1n) is 20.4. The van der Waals surface area contributed by atoms with Crippen LogP contribution in [0.15, 0.2) is 71.8 Å². The second-order valence-corrected chi connectivity index (χ2v) is 16.2. The van der Waals surface area contributed by atoms with Gasteiger partial charge in [-0.1, -0.05) is 106 Å². The summed E-state index contributed by atoms with van der Waals surface area (Å²) >= 11 is 0. The van der Waals surface area contributed by atoms with Crippen LogP contribution in [0, 0.1) is 17.3 Å². The fourth-order valence-corrected chi connectivity index (χ4v) is 8.49. The number of phenolic OH excluding ortho intramolecular Hbond substituents is 1. The zero-order valence-corrected chi connectivity index (χ0v) is 32.6. The Hall–Kier alpha value is -3.45. The number of carbonyl (C=O) groups is 1. The van der Waals surface area contributed by atoms with E-state index in [-0.39, 0.29) is 30.0 Å². The third-order valence-corrected chi connectivity index (χ3v) is 11.6. The van der Waals surface area contributed by atoms with Gasteiger partial charge in [-0.15, -0.1) is 0 Å². The van der Waals surface area contributed by atoms with E-state index in [1.54, 1.807) is 12.1 Å². The van der Waals surface area contributed by atoms with Gasteiger partial charge < -0.3 is 36.0 Å². The Morgan fingerprint density at radius 2 is 1.78 bits per heavy atom. The number of nitrogens with one attached hydrogen (secondary N) is 1. The second-order valence-electron chi connectivity index (χ2n) is 16.2. The molecular weight excluding hydrogens is 679 g/mol. The Labute approximate surface area is 323 Å². The van der Waals surface area contributed by atoms with Gasteiger partial charge in [-0.25, -0.2) is 0 Å². The number of hydrogen-bond acceptors (Lipinski definition) is 7. The van der Waals surface area contributed by atoms with Gasteiger partial charge in [-0.2, -0.15) is 0 Å². The summed E-state index contributed by atoms with van der Waals surface area (Å²) in [6, 6.07) is 14.1. The van der Waals surface area contributed by atoms with Gasteiger partial charge in [0.15, 0.2) is 0 Å². The van der Waals surface area contributed by atoms with Crippen LogP contribution in [-0.2, 0) is 17.6 Å². The third kappa shape index (κ3) is 13.7. The number of aliphatic hydroxyl groups excluding tert-OH is 3. The topological polar surface area (TPSA) is 150 Å². The molecular formula is C46H65NO7. The number of hydrogen-bond donors (Lipinski definition) is 7. The number of carboxylic acid groups (broad SMARTS) is 1. The average molecular weight is 744 g/mol. The van der Waals surface area contributed by atoms with Crippen LogP contribution >= 0.6 is 0 Å². The van der Waals surface area contributed by atoms with E-state index in [9.17, 15) is 35.4 Å². The number of phenols is 1. The molecule has 2 aliphatic rings. The molecule has 1 fully saturated rings. The van der Waals surface area contributed by atoms with Gasteiger partial charge in [0.05, 0.1) is 30.8 Å². The predicted octanol–water partition coefficient (Wildman–Crippen LogP) is 7.53. The van der Waals surface area contributed by atoms with E-state index < -0.39 is 36.4 Å². The van der Waals surface area contributed by atoms with Gasteiger partial charge in [0.1, 0.15) is 5.75 Å². The third-order valence-electron chi connectivity index (χ3n) is 11.6. The Bertz CT molecular complexity index is 1580.